The molecule has 2 heteroatoms. The van der Waals surface area contributed by atoms with Gasteiger partial charge in [-0.2, -0.15) is 0 Å². The molecule has 0 saturated carbocycles. The molecule has 2 nitrogen and oxygen atoms in total. The number of aromatic nitrogens is 1. The molecule has 0 unspecified atom stereocenters. The molecule has 0 bridgehead atoms. The van der Waals surface area contributed by atoms with E-state index in [9.17, 15) is 0 Å². The molecule has 0 aliphatic heterocycles. The zero-order valence-electron chi connectivity index (χ0n) is 8.20. The number of nitrogens with two attached hydrogens (primary N) is 1. The molecule has 0 saturated heterocycles. The normalized spacial score (nSPS) is 18.6. The summed E-state index contributed by atoms with van der Waals surface area (Å²) in [6.45, 7) is -2.10. The van der Waals surface area contributed by atoms with E-state index in [1.165, 1.54) is 18.5 Å². The molecule has 8 heavy (non-hydrogen) atoms. The highest BCUT2D eigenvalue weighted by Gasteiger charge is 1.81. The first-order valence-electron chi connectivity index (χ1n) is 4.13. The van der Waals surface area contributed by atoms with Crippen LogP contribution in [0.2, 0.25) is 2.82 Å². The minimum atomic E-state index is -2.10. The monoisotopic (exact) mass is 112 g/mol. The first-order valence-corrected chi connectivity index (χ1v) is 2.23. The summed E-state index contributed by atoms with van der Waals surface area (Å²) in [7, 11) is 0. The minimum Gasteiger partial charge on any atom is -0.326 e. The number of nitrogens with zero attached hydrogens (tertiary/aromatic N) is 1. The molecule has 0 aliphatic rings. The molecule has 0 atom stereocenters. The Kier molecular flexibility index (Phi) is 0.652. The van der Waals surface area contributed by atoms with Gasteiger partial charge >= 0.3 is 0 Å². The Morgan fingerprint density at radius 3 is 3.62 bits per heavy atom. The smallest absolute Gasteiger partial charge is 0.119 e. The first-order chi connectivity index (χ1) is 5.55. The van der Waals surface area contributed by atoms with Crippen LogP contribution in [0.15, 0.2) is 24.5 Å². The largest absolute Gasteiger partial charge is 0.326 e. The second-order valence-corrected chi connectivity index (χ2v) is 1.35. The summed E-state index contributed by atoms with van der Waals surface area (Å²) in [4.78, 5) is 3.70. The molecule has 0 aromatic carbocycles. The lowest BCUT2D eigenvalue weighted by Crippen LogP contribution is -1.95. The van der Waals surface area contributed by atoms with Crippen LogP contribution in [-0.2, 0) is 6.50 Å². The molecule has 0 radical (unpaired) electrons. The first kappa shape index (κ1) is 2.15. The number of hydrogen-bond donors (Lipinski definition) is 1. The Morgan fingerprint density at radius 2 is 3.00 bits per heavy atom. The number of rotatable bonds is 2. The van der Waals surface area contributed by atoms with Gasteiger partial charge < -0.3 is 5.72 Å². The minimum absolute atomic E-state index is 0.0179. The average molecular weight is 112 g/mol. The maximum Gasteiger partial charge on any atom is 0.119 e. The van der Waals surface area contributed by atoms with Crippen LogP contribution >= 0.6 is 0 Å². The third-order valence-electron chi connectivity index (χ3n) is 0.791. The van der Waals surface area contributed by atoms with Gasteiger partial charge in [0.2, 0.25) is 0 Å². The highest BCUT2D eigenvalue weighted by molar-refractivity contribution is 5.06. The zero-order chi connectivity index (χ0) is 9.19. The zero-order valence-corrected chi connectivity index (χ0v) is 4.20. The number of pyridine rings is 1. The molecular formula is C6H8N2. The molecule has 1 aromatic heterocycles. The van der Waals surface area contributed by atoms with Crippen LogP contribution in [0, 0.1) is 0 Å². The van der Waals surface area contributed by atoms with Gasteiger partial charge in [-0.15, -0.1) is 0 Å². The van der Waals surface area contributed by atoms with Crippen molar-refractivity contribution < 1.29 is 5.57 Å². The van der Waals surface area contributed by atoms with Gasteiger partial charge in [0.15, 0.2) is 0 Å². The average Bonchev–Trinajstić information content (AvgIpc) is 2.06. The molecule has 0 amide bonds. The summed E-state index contributed by atoms with van der Waals surface area (Å²) in [5.41, 5.74) is 0.222. The van der Waals surface area contributed by atoms with Crippen molar-refractivity contribution in [3.63, 3.8) is 0 Å². The van der Waals surface area contributed by atoms with E-state index in [-0.39, 0.29) is 11.3 Å². The second-order valence-electron chi connectivity index (χ2n) is 1.35. The van der Waals surface area contributed by atoms with E-state index in [1.807, 2.05) is 0 Å². The Labute approximate surface area is 54.1 Å². The van der Waals surface area contributed by atoms with Crippen molar-refractivity contribution in [2.24, 2.45) is 5.72 Å². The summed E-state index contributed by atoms with van der Waals surface area (Å²) < 4.78 is 28.2. The summed E-state index contributed by atoms with van der Waals surface area (Å²) in [6.07, 6.45) is 2.81. The molecular weight excluding hydrogens is 100 g/mol. The van der Waals surface area contributed by atoms with E-state index in [4.69, 9.17) is 5.57 Å². The topological polar surface area (TPSA) is 38.9 Å². The summed E-state index contributed by atoms with van der Waals surface area (Å²) in [5, 5.41) is 0. The van der Waals surface area contributed by atoms with E-state index in [0.717, 1.165) is 0 Å². The van der Waals surface area contributed by atoms with E-state index in [0.29, 0.717) is 0 Å². The van der Waals surface area contributed by atoms with Crippen molar-refractivity contribution >= 4 is 0 Å². The lowest BCUT2D eigenvalue weighted by molar-refractivity contribution is 1.05. The van der Waals surface area contributed by atoms with Gasteiger partial charge in [0.1, 0.15) is 2.82 Å². The van der Waals surface area contributed by atoms with Gasteiger partial charge in [0, 0.05) is 21.6 Å². The van der Waals surface area contributed by atoms with Gasteiger partial charge in [0.25, 0.3) is 0 Å². The SMILES string of the molecule is [2H]N([2H])C([2H])([2H])c1cccnc1. The predicted molar refractivity (Wildman–Crippen MR) is 32.1 cm³/mol. The summed E-state index contributed by atoms with van der Waals surface area (Å²) in [5.74, 6) is 0. The third-order valence-corrected chi connectivity index (χ3v) is 0.791. The van der Waals surface area contributed by atoms with E-state index < -0.39 is 6.50 Å². The van der Waals surface area contributed by atoms with Crippen LogP contribution in [0.5, 0.6) is 0 Å². The van der Waals surface area contributed by atoms with Crippen molar-refractivity contribution in [1.82, 2.24) is 4.98 Å². The van der Waals surface area contributed by atoms with Crippen molar-refractivity contribution in [3.05, 3.63) is 30.1 Å². The van der Waals surface area contributed by atoms with Crippen LogP contribution in [0.3, 0.4) is 0 Å². The van der Waals surface area contributed by atoms with Crippen LogP contribution in [-0.4, -0.2) is 4.98 Å². The van der Waals surface area contributed by atoms with Crippen molar-refractivity contribution in [1.29, 1.82) is 0 Å². The van der Waals surface area contributed by atoms with E-state index >= 15 is 0 Å². The Hall–Kier alpha value is -0.890. The fraction of sp³-hybridized carbons (Fsp3) is 0.167. The molecule has 1 rings (SSSR count). The van der Waals surface area contributed by atoms with Crippen molar-refractivity contribution in [3.8, 4) is 0 Å². The highest BCUT2D eigenvalue weighted by atomic mass is 14.6. The molecule has 42 valence electrons. The van der Waals surface area contributed by atoms with Crippen LogP contribution in [0.4, 0.5) is 0 Å². The van der Waals surface area contributed by atoms with Crippen LogP contribution < -0.4 is 5.72 Å². The molecule has 0 fully saturated rings. The third kappa shape index (κ3) is 1.04. The lowest BCUT2D eigenvalue weighted by atomic mass is 10.3. The number of hydrogen-bond acceptors (Lipinski definition) is 2. The van der Waals surface area contributed by atoms with Crippen LogP contribution in [0.1, 0.15) is 8.30 Å². The predicted octanol–water partition coefficient (Wildman–Crippen LogP) is 0.540. The van der Waals surface area contributed by atoms with Crippen LogP contribution in [0.25, 0.3) is 0 Å². The van der Waals surface area contributed by atoms with E-state index in [2.05, 4.69) is 4.98 Å². The summed E-state index contributed by atoms with van der Waals surface area (Å²) >= 11 is 0. The second kappa shape index (κ2) is 2.43. The lowest BCUT2D eigenvalue weighted by Gasteiger charge is -1.89. The fourth-order valence-corrected chi connectivity index (χ4v) is 0.429. The van der Waals surface area contributed by atoms with Gasteiger partial charge in [-0.25, -0.2) is 0 Å². The Bertz CT molecular complexity index is 249. The van der Waals surface area contributed by atoms with Gasteiger partial charge in [-0.3, -0.25) is 4.98 Å². The molecule has 1 heterocycles. The maximum absolute atomic E-state index is 7.30. The highest BCUT2D eigenvalue weighted by Crippen LogP contribution is 1.90. The van der Waals surface area contributed by atoms with E-state index in [1.54, 1.807) is 6.07 Å². The van der Waals surface area contributed by atoms with Crippen molar-refractivity contribution in [2.75, 3.05) is 0 Å². The molecule has 1 aromatic rings. The molecule has 0 aliphatic carbocycles. The summed E-state index contributed by atoms with van der Waals surface area (Å²) in [6, 6.07) is 3.06. The van der Waals surface area contributed by atoms with Gasteiger partial charge in [-0.05, 0) is 11.6 Å². The Morgan fingerprint density at radius 1 is 2.00 bits per heavy atom. The maximum atomic E-state index is 7.30. The molecule has 2 N–H and O–H groups in total. The molecule has 0 spiro atoms. The van der Waals surface area contributed by atoms with Gasteiger partial charge in [0.05, 0.1) is 0 Å². The Balaban J connectivity index is 2.98. The quantitative estimate of drug-likeness (QED) is 0.606. The standard InChI is InChI=1S/C6H8N2/c7-4-6-2-1-3-8-5-6/h1-3,5H,4,7H2/i4D2/hD2. The van der Waals surface area contributed by atoms with Gasteiger partial charge in [-0.1, -0.05) is 6.07 Å². The van der Waals surface area contributed by atoms with Crippen molar-refractivity contribution in [2.45, 2.75) is 6.50 Å². The fourth-order valence-electron chi connectivity index (χ4n) is 0.429.